The average Bonchev–Trinajstić information content (AvgIpc) is 2.94. The molecule has 1 heterocycles. The standard InChI is InChI=1S/C21H25N3O4S/c25-18(22-12-14-29-17-9-5-2-6-10-17)15-24-20(27)19(26)23(21(24)28)13-11-16-7-3-1-4-8-16/h2,5-7,9-10H,1,3-4,8,11-15H2,(H,22,25). The Morgan fingerprint density at radius 3 is 2.52 bits per heavy atom. The Kier molecular flexibility index (Phi) is 7.46. The molecular formula is C21H25N3O4S. The number of urea groups is 1. The van der Waals surface area contributed by atoms with Crippen LogP contribution in [0.1, 0.15) is 32.1 Å². The zero-order chi connectivity index (χ0) is 20.6. The van der Waals surface area contributed by atoms with Crippen LogP contribution in [0.25, 0.3) is 0 Å². The molecule has 1 N–H and O–H groups in total. The summed E-state index contributed by atoms with van der Waals surface area (Å²) in [5, 5.41) is 2.69. The predicted molar refractivity (Wildman–Crippen MR) is 110 cm³/mol. The predicted octanol–water partition coefficient (Wildman–Crippen LogP) is 2.58. The Bertz CT molecular complexity index is 809. The normalized spacial score (nSPS) is 17.0. The van der Waals surface area contributed by atoms with Gasteiger partial charge in [-0.25, -0.2) is 9.69 Å². The highest BCUT2D eigenvalue weighted by molar-refractivity contribution is 7.99. The van der Waals surface area contributed by atoms with Crippen molar-refractivity contribution < 1.29 is 19.2 Å². The number of carbonyl (C=O) groups is 4. The molecule has 1 aliphatic carbocycles. The van der Waals surface area contributed by atoms with Gasteiger partial charge in [-0.15, -0.1) is 11.8 Å². The van der Waals surface area contributed by atoms with E-state index in [0.29, 0.717) is 18.7 Å². The van der Waals surface area contributed by atoms with Gasteiger partial charge in [0.2, 0.25) is 5.91 Å². The van der Waals surface area contributed by atoms with E-state index in [4.69, 9.17) is 0 Å². The fourth-order valence-electron chi connectivity index (χ4n) is 3.35. The summed E-state index contributed by atoms with van der Waals surface area (Å²) in [6.07, 6.45) is 7.00. The molecule has 29 heavy (non-hydrogen) atoms. The van der Waals surface area contributed by atoms with Crippen molar-refractivity contribution >= 4 is 35.5 Å². The summed E-state index contributed by atoms with van der Waals surface area (Å²) < 4.78 is 0. The van der Waals surface area contributed by atoms with Gasteiger partial charge >= 0.3 is 17.8 Å². The molecule has 0 radical (unpaired) electrons. The Balaban J connectivity index is 1.43. The van der Waals surface area contributed by atoms with Gasteiger partial charge in [-0.1, -0.05) is 29.8 Å². The van der Waals surface area contributed by atoms with Gasteiger partial charge in [0.1, 0.15) is 6.54 Å². The van der Waals surface area contributed by atoms with Crippen LogP contribution in [-0.2, 0) is 14.4 Å². The molecule has 3 rings (SSSR count). The number of benzene rings is 1. The van der Waals surface area contributed by atoms with E-state index in [-0.39, 0.29) is 6.54 Å². The van der Waals surface area contributed by atoms with E-state index in [1.807, 2.05) is 30.3 Å². The molecule has 7 nitrogen and oxygen atoms in total. The Hall–Kier alpha value is -2.61. The zero-order valence-electron chi connectivity index (χ0n) is 16.3. The van der Waals surface area contributed by atoms with Crippen molar-refractivity contribution in [2.75, 3.05) is 25.4 Å². The molecule has 0 bridgehead atoms. The number of thioether (sulfide) groups is 1. The molecular weight excluding hydrogens is 390 g/mol. The van der Waals surface area contributed by atoms with Crippen LogP contribution < -0.4 is 5.32 Å². The van der Waals surface area contributed by atoms with Gasteiger partial charge < -0.3 is 5.32 Å². The maximum Gasteiger partial charge on any atom is 0.334 e. The molecule has 2 aliphatic rings. The van der Waals surface area contributed by atoms with Crippen LogP contribution in [0.2, 0.25) is 0 Å². The van der Waals surface area contributed by atoms with E-state index in [2.05, 4.69) is 11.4 Å². The minimum absolute atomic E-state index is 0.182. The summed E-state index contributed by atoms with van der Waals surface area (Å²) in [6.45, 7) is 0.153. The monoisotopic (exact) mass is 415 g/mol. The van der Waals surface area contributed by atoms with Crippen molar-refractivity contribution in [3.8, 4) is 0 Å². The third kappa shape index (κ3) is 5.69. The van der Waals surface area contributed by atoms with E-state index in [1.165, 1.54) is 5.57 Å². The van der Waals surface area contributed by atoms with E-state index in [9.17, 15) is 19.2 Å². The van der Waals surface area contributed by atoms with Crippen molar-refractivity contribution in [2.45, 2.75) is 37.0 Å². The van der Waals surface area contributed by atoms with Crippen LogP contribution in [0.5, 0.6) is 0 Å². The Labute approximate surface area is 174 Å². The van der Waals surface area contributed by atoms with Gasteiger partial charge in [0.15, 0.2) is 0 Å². The largest absolute Gasteiger partial charge is 0.354 e. The maximum absolute atomic E-state index is 12.5. The fourth-order valence-corrected chi connectivity index (χ4v) is 4.14. The summed E-state index contributed by atoms with van der Waals surface area (Å²) in [7, 11) is 0. The lowest BCUT2D eigenvalue weighted by Crippen LogP contribution is -2.42. The lowest BCUT2D eigenvalue weighted by atomic mass is 9.97. The Morgan fingerprint density at radius 1 is 1.03 bits per heavy atom. The molecule has 0 atom stereocenters. The maximum atomic E-state index is 12.5. The molecule has 154 valence electrons. The number of imide groups is 2. The molecule has 1 saturated heterocycles. The van der Waals surface area contributed by atoms with E-state index >= 15 is 0 Å². The second-order valence-electron chi connectivity index (χ2n) is 7.00. The average molecular weight is 416 g/mol. The van der Waals surface area contributed by atoms with Gasteiger partial charge in [0.05, 0.1) is 0 Å². The van der Waals surface area contributed by atoms with Crippen LogP contribution in [0.15, 0.2) is 46.9 Å². The summed E-state index contributed by atoms with van der Waals surface area (Å²) in [5.41, 5.74) is 1.22. The first kappa shape index (κ1) is 21.1. The molecule has 1 aliphatic heterocycles. The number of hydrogen-bond acceptors (Lipinski definition) is 5. The summed E-state index contributed by atoms with van der Waals surface area (Å²) in [4.78, 5) is 51.7. The van der Waals surface area contributed by atoms with Gasteiger partial charge in [0, 0.05) is 23.7 Å². The molecule has 5 amide bonds. The lowest BCUT2D eigenvalue weighted by molar-refractivity contribution is -0.144. The fraction of sp³-hybridized carbons (Fsp3) is 0.429. The lowest BCUT2D eigenvalue weighted by Gasteiger charge is -2.17. The van der Waals surface area contributed by atoms with Crippen molar-refractivity contribution in [3.63, 3.8) is 0 Å². The van der Waals surface area contributed by atoms with E-state index in [0.717, 1.165) is 40.4 Å². The summed E-state index contributed by atoms with van der Waals surface area (Å²) in [6, 6.07) is 9.09. The first-order valence-electron chi connectivity index (χ1n) is 9.86. The number of hydrogen-bond donors (Lipinski definition) is 1. The Morgan fingerprint density at radius 2 is 1.79 bits per heavy atom. The quantitative estimate of drug-likeness (QED) is 0.220. The summed E-state index contributed by atoms with van der Waals surface area (Å²) in [5.74, 6) is -1.57. The van der Waals surface area contributed by atoms with Crippen LogP contribution in [0, 0.1) is 0 Å². The highest BCUT2D eigenvalue weighted by Gasteiger charge is 2.44. The second-order valence-corrected chi connectivity index (χ2v) is 8.17. The van der Waals surface area contributed by atoms with Gasteiger partial charge in [-0.2, -0.15) is 0 Å². The highest BCUT2D eigenvalue weighted by Crippen LogP contribution is 2.22. The van der Waals surface area contributed by atoms with Crippen LogP contribution in [0.4, 0.5) is 4.79 Å². The number of rotatable bonds is 9. The number of nitrogens with one attached hydrogen (secondary N) is 1. The van der Waals surface area contributed by atoms with Gasteiger partial charge in [0.25, 0.3) is 0 Å². The zero-order valence-corrected chi connectivity index (χ0v) is 17.1. The molecule has 1 aromatic rings. The van der Waals surface area contributed by atoms with Crippen molar-refractivity contribution in [1.29, 1.82) is 0 Å². The SMILES string of the molecule is O=C(CN1C(=O)C(=O)N(CCC2=CCCCC2)C1=O)NCCSc1ccccc1. The minimum Gasteiger partial charge on any atom is -0.354 e. The second kappa shape index (κ2) is 10.2. The first-order chi connectivity index (χ1) is 14.1. The summed E-state index contributed by atoms with van der Waals surface area (Å²) >= 11 is 1.60. The smallest absolute Gasteiger partial charge is 0.334 e. The number of nitrogens with zero attached hydrogens (tertiary/aromatic N) is 2. The highest BCUT2D eigenvalue weighted by atomic mass is 32.2. The van der Waals surface area contributed by atoms with Crippen molar-refractivity contribution in [3.05, 3.63) is 42.0 Å². The third-order valence-corrected chi connectivity index (χ3v) is 5.93. The minimum atomic E-state index is -0.929. The van der Waals surface area contributed by atoms with E-state index < -0.39 is 30.3 Å². The van der Waals surface area contributed by atoms with Crippen molar-refractivity contribution in [2.24, 2.45) is 0 Å². The van der Waals surface area contributed by atoms with E-state index in [1.54, 1.807) is 11.8 Å². The molecule has 1 aromatic carbocycles. The van der Waals surface area contributed by atoms with Crippen molar-refractivity contribution in [1.82, 2.24) is 15.1 Å². The molecule has 1 fully saturated rings. The third-order valence-electron chi connectivity index (χ3n) is 4.91. The topological polar surface area (TPSA) is 86.8 Å². The molecule has 0 unspecified atom stereocenters. The number of amides is 5. The van der Waals surface area contributed by atoms with Crippen LogP contribution >= 0.6 is 11.8 Å². The van der Waals surface area contributed by atoms with Gasteiger partial charge in [-0.05, 0) is 44.2 Å². The number of allylic oxidation sites excluding steroid dienone is 1. The molecule has 0 aromatic heterocycles. The molecule has 0 saturated carbocycles. The van der Waals surface area contributed by atoms with Gasteiger partial charge in [-0.3, -0.25) is 19.3 Å². The molecule has 8 heteroatoms. The van der Waals surface area contributed by atoms with Crippen LogP contribution in [0.3, 0.4) is 0 Å². The van der Waals surface area contributed by atoms with Crippen LogP contribution in [-0.4, -0.2) is 58.9 Å². The number of carbonyl (C=O) groups excluding carboxylic acids is 4. The first-order valence-corrected chi connectivity index (χ1v) is 10.8. The molecule has 0 spiro atoms.